The van der Waals surface area contributed by atoms with E-state index in [2.05, 4.69) is 20.9 Å². The molecule has 0 aliphatic heterocycles. The van der Waals surface area contributed by atoms with Gasteiger partial charge in [-0.05, 0) is 42.8 Å². The third-order valence-electron chi connectivity index (χ3n) is 4.02. The van der Waals surface area contributed by atoms with Crippen molar-refractivity contribution in [1.82, 2.24) is 10.3 Å². The van der Waals surface area contributed by atoms with Gasteiger partial charge in [-0.25, -0.2) is 4.98 Å². The Labute approximate surface area is 164 Å². The molecule has 6 heteroatoms. The number of carbonyl (C=O) groups is 2. The average molecular weight is 374 g/mol. The van der Waals surface area contributed by atoms with Gasteiger partial charge in [0, 0.05) is 31.0 Å². The van der Waals surface area contributed by atoms with Gasteiger partial charge in [-0.1, -0.05) is 35.9 Å². The van der Waals surface area contributed by atoms with Crippen LogP contribution in [0.2, 0.25) is 0 Å². The number of rotatable bonds is 6. The van der Waals surface area contributed by atoms with Gasteiger partial charge in [0.2, 0.25) is 5.91 Å². The molecule has 1 aromatic heterocycles. The van der Waals surface area contributed by atoms with E-state index in [4.69, 9.17) is 0 Å². The molecule has 0 bridgehead atoms. The summed E-state index contributed by atoms with van der Waals surface area (Å²) in [5.41, 5.74) is 4.19. The molecular formula is C22H22N4O2. The number of aromatic nitrogens is 1. The number of amides is 2. The second-order valence-corrected chi connectivity index (χ2v) is 6.49. The summed E-state index contributed by atoms with van der Waals surface area (Å²) >= 11 is 0. The molecular weight excluding hydrogens is 352 g/mol. The van der Waals surface area contributed by atoms with Crippen molar-refractivity contribution in [2.24, 2.45) is 0 Å². The van der Waals surface area contributed by atoms with Gasteiger partial charge in [-0.15, -0.1) is 0 Å². The van der Waals surface area contributed by atoms with E-state index >= 15 is 0 Å². The van der Waals surface area contributed by atoms with Crippen molar-refractivity contribution in [2.75, 3.05) is 10.6 Å². The number of benzene rings is 2. The first-order valence-electron chi connectivity index (χ1n) is 8.94. The van der Waals surface area contributed by atoms with Crippen LogP contribution in [-0.4, -0.2) is 16.8 Å². The van der Waals surface area contributed by atoms with E-state index in [-0.39, 0.29) is 11.8 Å². The molecule has 3 aromatic rings. The summed E-state index contributed by atoms with van der Waals surface area (Å²) in [6.45, 7) is 3.95. The lowest BCUT2D eigenvalue weighted by atomic mass is 10.1. The van der Waals surface area contributed by atoms with E-state index in [0.717, 1.165) is 16.8 Å². The van der Waals surface area contributed by atoms with Crippen LogP contribution in [0.4, 0.5) is 17.2 Å². The highest BCUT2D eigenvalue weighted by Crippen LogP contribution is 2.19. The smallest absolute Gasteiger partial charge is 0.253 e. The van der Waals surface area contributed by atoms with Crippen LogP contribution in [0, 0.1) is 6.92 Å². The Morgan fingerprint density at radius 1 is 0.964 bits per heavy atom. The molecule has 0 atom stereocenters. The highest BCUT2D eigenvalue weighted by atomic mass is 16.2. The van der Waals surface area contributed by atoms with Crippen LogP contribution in [0.25, 0.3) is 0 Å². The Morgan fingerprint density at radius 2 is 1.75 bits per heavy atom. The lowest BCUT2D eigenvalue weighted by Gasteiger charge is -2.09. The van der Waals surface area contributed by atoms with Crippen molar-refractivity contribution in [3.8, 4) is 0 Å². The summed E-state index contributed by atoms with van der Waals surface area (Å²) in [5.74, 6) is 0.305. The van der Waals surface area contributed by atoms with E-state index in [1.54, 1.807) is 12.1 Å². The van der Waals surface area contributed by atoms with Gasteiger partial charge in [-0.3, -0.25) is 9.59 Å². The first kappa shape index (κ1) is 19.1. The van der Waals surface area contributed by atoms with E-state index < -0.39 is 0 Å². The SMILES string of the molecule is CC(=O)Nc1cccc(Nc2ccc(C(=O)NCc3cccc(C)c3)cn2)c1. The van der Waals surface area contributed by atoms with E-state index in [1.807, 2.05) is 55.5 Å². The van der Waals surface area contributed by atoms with E-state index in [1.165, 1.54) is 13.1 Å². The topological polar surface area (TPSA) is 83.1 Å². The second kappa shape index (κ2) is 8.81. The first-order valence-corrected chi connectivity index (χ1v) is 8.94. The number of anilines is 3. The summed E-state index contributed by atoms with van der Waals surface area (Å²) in [6, 6.07) is 18.8. The molecule has 28 heavy (non-hydrogen) atoms. The Kier molecular flexibility index (Phi) is 6.01. The third-order valence-corrected chi connectivity index (χ3v) is 4.02. The highest BCUT2D eigenvalue weighted by Gasteiger charge is 2.07. The summed E-state index contributed by atoms with van der Waals surface area (Å²) < 4.78 is 0. The molecule has 3 N–H and O–H groups in total. The third kappa shape index (κ3) is 5.41. The number of pyridine rings is 1. The number of hydrogen-bond donors (Lipinski definition) is 3. The fraction of sp³-hybridized carbons (Fsp3) is 0.136. The van der Waals surface area contributed by atoms with Gasteiger partial charge in [0.05, 0.1) is 5.56 Å². The molecule has 0 saturated carbocycles. The van der Waals surface area contributed by atoms with E-state index in [0.29, 0.717) is 23.6 Å². The van der Waals surface area contributed by atoms with Gasteiger partial charge in [-0.2, -0.15) is 0 Å². The number of hydrogen-bond acceptors (Lipinski definition) is 4. The molecule has 142 valence electrons. The summed E-state index contributed by atoms with van der Waals surface area (Å²) in [4.78, 5) is 27.8. The minimum Gasteiger partial charge on any atom is -0.348 e. The zero-order valence-corrected chi connectivity index (χ0v) is 15.8. The molecule has 0 aliphatic carbocycles. The quantitative estimate of drug-likeness (QED) is 0.608. The fourth-order valence-electron chi connectivity index (χ4n) is 2.73. The minimum atomic E-state index is -0.173. The Bertz CT molecular complexity index is 984. The molecule has 0 unspecified atom stereocenters. The van der Waals surface area contributed by atoms with Crippen LogP contribution >= 0.6 is 0 Å². The van der Waals surface area contributed by atoms with Gasteiger partial charge < -0.3 is 16.0 Å². The molecule has 1 heterocycles. The van der Waals surface area contributed by atoms with Crippen LogP contribution in [0.15, 0.2) is 66.9 Å². The molecule has 2 amide bonds. The Morgan fingerprint density at radius 3 is 2.46 bits per heavy atom. The maximum atomic E-state index is 12.3. The van der Waals surface area contributed by atoms with Crippen molar-refractivity contribution >= 4 is 29.0 Å². The van der Waals surface area contributed by atoms with Gasteiger partial charge in [0.15, 0.2) is 0 Å². The van der Waals surface area contributed by atoms with Crippen molar-refractivity contribution in [3.63, 3.8) is 0 Å². The van der Waals surface area contributed by atoms with Crippen LogP contribution < -0.4 is 16.0 Å². The largest absolute Gasteiger partial charge is 0.348 e. The van der Waals surface area contributed by atoms with Crippen molar-refractivity contribution in [1.29, 1.82) is 0 Å². The molecule has 0 aliphatic rings. The lowest BCUT2D eigenvalue weighted by molar-refractivity contribution is -0.114. The molecule has 0 saturated heterocycles. The maximum absolute atomic E-state index is 12.3. The minimum absolute atomic E-state index is 0.128. The van der Waals surface area contributed by atoms with Gasteiger partial charge in [0.1, 0.15) is 5.82 Å². The fourth-order valence-corrected chi connectivity index (χ4v) is 2.73. The predicted octanol–water partition coefficient (Wildman–Crippen LogP) is 4.02. The number of nitrogens with one attached hydrogen (secondary N) is 3. The maximum Gasteiger partial charge on any atom is 0.253 e. The Hall–Kier alpha value is -3.67. The second-order valence-electron chi connectivity index (χ2n) is 6.49. The number of carbonyl (C=O) groups excluding carboxylic acids is 2. The van der Waals surface area contributed by atoms with Crippen LogP contribution in [-0.2, 0) is 11.3 Å². The zero-order valence-electron chi connectivity index (χ0n) is 15.8. The van der Waals surface area contributed by atoms with Crippen molar-refractivity contribution in [3.05, 3.63) is 83.6 Å². The molecule has 0 radical (unpaired) electrons. The number of nitrogens with zero attached hydrogens (tertiary/aromatic N) is 1. The van der Waals surface area contributed by atoms with Gasteiger partial charge in [0.25, 0.3) is 5.91 Å². The monoisotopic (exact) mass is 374 g/mol. The highest BCUT2D eigenvalue weighted by molar-refractivity contribution is 5.94. The normalized spacial score (nSPS) is 10.2. The van der Waals surface area contributed by atoms with Crippen molar-refractivity contribution in [2.45, 2.75) is 20.4 Å². The summed E-state index contributed by atoms with van der Waals surface area (Å²) in [7, 11) is 0. The molecule has 0 fully saturated rings. The van der Waals surface area contributed by atoms with Crippen LogP contribution in [0.1, 0.15) is 28.4 Å². The predicted molar refractivity (Wildman–Crippen MR) is 111 cm³/mol. The lowest BCUT2D eigenvalue weighted by Crippen LogP contribution is -2.22. The number of aryl methyl sites for hydroxylation is 1. The zero-order chi connectivity index (χ0) is 19.9. The molecule has 0 spiro atoms. The average Bonchev–Trinajstić information content (AvgIpc) is 2.66. The van der Waals surface area contributed by atoms with Crippen molar-refractivity contribution < 1.29 is 9.59 Å². The summed E-state index contributed by atoms with van der Waals surface area (Å²) in [6.07, 6.45) is 1.53. The molecule has 3 rings (SSSR count). The van der Waals surface area contributed by atoms with Crippen LogP contribution in [0.3, 0.4) is 0 Å². The summed E-state index contributed by atoms with van der Waals surface area (Å²) in [5, 5.41) is 8.79. The van der Waals surface area contributed by atoms with E-state index in [9.17, 15) is 9.59 Å². The van der Waals surface area contributed by atoms with Crippen LogP contribution in [0.5, 0.6) is 0 Å². The standard InChI is InChI=1S/C22H22N4O2/c1-15-5-3-6-17(11-15)13-24-22(28)18-9-10-21(23-14-18)26-20-8-4-7-19(12-20)25-16(2)27/h3-12,14H,13H2,1-2H3,(H,23,26)(H,24,28)(H,25,27). The Balaban J connectivity index is 1.60. The molecule has 2 aromatic carbocycles. The first-order chi connectivity index (χ1) is 13.5. The molecule has 6 nitrogen and oxygen atoms in total. The van der Waals surface area contributed by atoms with Gasteiger partial charge >= 0.3 is 0 Å².